The minimum atomic E-state index is -0.290. The zero-order chi connectivity index (χ0) is 16.2. The highest BCUT2D eigenvalue weighted by molar-refractivity contribution is 5.86. The van der Waals surface area contributed by atoms with E-state index in [4.69, 9.17) is 0 Å². The predicted octanol–water partition coefficient (Wildman–Crippen LogP) is 4.14. The number of nitrogens with zero attached hydrogens (tertiary/aromatic N) is 3. The van der Waals surface area contributed by atoms with Gasteiger partial charge >= 0.3 is 0 Å². The standard InChI is InChI=1S/C18H21FN4/c1-3-4-10-20-18-17-15(21-13(2)22-18)11-16(19)23(17)12-14-8-6-5-7-9-14/h5-9,11H,3-4,10,12H2,1-2H3,(H,20,21,22). The third-order valence-corrected chi connectivity index (χ3v) is 3.81. The van der Waals surface area contributed by atoms with E-state index in [1.54, 1.807) is 4.57 Å². The Labute approximate surface area is 135 Å². The highest BCUT2D eigenvalue weighted by Gasteiger charge is 2.15. The third kappa shape index (κ3) is 3.33. The van der Waals surface area contributed by atoms with Crippen LogP contribution in [-0.4, -0.2) is 21.1 Å². The average molecular weight is 312 g/mol. The fraction of sp³-hybridized carbons (Fsp3) is 0.333. The second kappa shape index (κ2) is 6.77. The largest absolute Gasteiger partial charge is 0.368 e. The second-order valence-corrected chi connectivity index (χ2v) is 5.67. The molecule has 0 aliphatic rings. The monoisotopic (exact) mass is 312 g/mol. The van der Waals surface area contributed by atoms with E-state index in [1.807, 2.05) is 37.3 Å². The molecule has 1 N–H and O–H groups in total. The molecule has 0 aliphatic carbocycles. The highest BCUT2D eigenvalue weighted by Crippen LogP contribution is 2.25. The molecule has 0 atom stereocenters. The van der Waals surface area contributed by atoms with Crippen LogP contribution in [0.15, 0.2) is 36.4 Å². The van der Waals surface area contributed by atoms with Crippen molar-refractivity contribution in [3.8, 4) is 0 Å². The lowest BCUT2D eigenvalue weighted by Gasteiger charge is -2.11. The Bertz CT molecular complexity index is 796. The van der Waals surface area contributed by atoms with Gasteiger partial charge in [0.25, 0.3) is 0 Å². The molecule has 120 valence electrons. The van der Waals surface area contributed by atoms with Gasteiger partial charge < -0.3 is 9.88 Å². The van der Waals surface area contributed by atoms with Gasteiger partial charge in [0.05, 0.1) is 12.1 Å². The van der Waals surface area contributed by atoms with Gasteiger partial charge in [-0.1, -0.05) is 43.7 Å². The van der Waals surface area contributed by atoms with Gasteiger partial charge in [-0.2, -0.15) is 4.39 Å². The van der Waals surface area contributed by atoms with Crippen molar-refractivity contribution in [2.24, 2.45) is 0 Å². The van der Waals surface area contributed by atoms with Crippen LogP contribution >= 0.6 is 0 Å². The number of unbranched alkanes of at least 4 members (excludes halogenated alkanes) is 1. The van der Waals surface area contributed by atoms with Gasteiger partial charge in [0, 0.05) is 12.6 Å². The minimum Gasteiger partial charge on any atom is -0.368 e. The lowest BCUT2D eigenvalue weighted by atomic mass is 10.2. The highest BCUT2D eigenvalue weighted by atomic mass is 19.1. The molecule has 0 saturated heterocycles. The molecule has 1 aromatic carbocycles. The maximum Gasteiger partial charge on any atom is 0.196 e. The van der Waals surface area contributed by atoms with Crippen molar-refractivity contribution in [2.45, 2.75) is 33.2 Å². The SMILES string of the molecule is CCCCNc1nc(C)nc2cc(F)n(Cc3ccccc3)c12. The molecule has 0 unspecified atom stereocenters. The van der Waals surface area contributed by atoms with Gasteiger partial charge in [-0.3, -0.25) is 0 Å². The van der Waals surface area contributed by atoms with Crippen molar-refractivity contribution < 1.29 is 4.39 Å². The Balaban J connectivity index is 2.04. The molecule has 4 nitrogen and oxygen atoms in total. The van der Waals surface area contributed by atoms with Crippen LogP contribution in [0, 0.1) is 12.9 Å². The molecule has 3 aromatic rings. The van der Waals surface area contributed by atoms with Gasteiger partial charge in [0.2, 0.25) is 0 Å². The summed E-state index contributed by atoms with van der Waals surface area (Å²) in [6.45, 7) is 5.25. The van der Waals surface area contributed by atoms with Gasteiger partial charge in [-0.05, 0) is 18.9 Å². The number of rotatable bonds is 6. The first-order chi connectivity index (χ1) is 11.2. The molecular weight excluding hydrogens is 291 g/mol. The van der Waals surface area contributed by atoms with Gasteiger partial charge in [-0.15, -0.1) is 0 Å². The fourth-order valence-corrected chi connectivity index (χ4v) is 2.68. The van der Waals surface area contributed by atoms with Crippen LogP contribution in [0.2, 0.25) is 0 Å². The lowest BCUT2D eigenvalue weighted by Crippen LogP contribution is -2.09. The summed E-state index contributed by atoms with van der Waals surface area (Å²) in [4.78, 5) is 8.85. The van der Waals surface area contributed by atoms with E-state index in [9.17, 15) is 4.39 Å². The third-order valence-electron chi connectivity index (χ3n) is 3.81. The topological polar surface area (TPSA) is 42.7 Å². The van der Waals surface area contributed by atoms with Crippen LogP contribution in [0.3, 0.4) is 0 Å². The number of hydrogen-bond acceptors (Lipinski definition) is 3. The Hall–Kier alpha value is -2.43. The molecule has 0 amide bonds. The van der Waals surface area contributed by atoms with Crippen molar-refractivity contribution in [3.05, 3.63) is 53.7 Å². The summed E-state index contributed by atoms with van der Waals surface area (Å²) in [6.07, 6.45) is 2.14. The Morgan fingerprint density at radius 2 is 1.96 bits per heavy atom. The maximum atomic E-state index is 14.5. The van der Waals surface area contributed by atoms with Crippen LogP contribution in [0.5, 0.6) is 0 Å². The number of nitrogens with one attached hydrogen (secondary N) is 1. The number of aromatic nitrogens is 3. The number of anilines is 1. The molecule has 23 heavy (non-hydrogen) atoms. The van der Waals surface area contributed by atoms with Crippen LogP contribution in [0.25, 0.3) is 11.0 Å². The van der Waals surface area contributed by atoms with Gasteiger partial charge in [-0.25, -0.2) is 9.97 Å². The summed E-state index contributed by atoms with van der Waals surface area (Å²) >= 11 is 0. The first kappa shape index (κ1) is 15.5. The van der Waals surface area contributed by atoms with Crippen molar-refractivity contribution in [1.29, 1.82) is 0 Å². The van der Waals surface area contributed by atoms with Crippen molar-refractivity contribution in [3.63, 3.8) is 0 Å². The molecule has 0 spiro atoms. The summed E-state index contributed by atoms with van der Waals surface area (Å²) in [7, 11) is 0. The molecule has 0 radical (unpaired) electrons. The first-order valence-corrected chi connectivity index (χ1v) is 8.00. The van der Waals surface area contributed by atoms with Crippen LogP contribution in [0.1, 0.15) is 31.2 Å². The molecule has 3 rings (SSSR count). The second-order valence-electron chi connectivity index (χ2n) is 5.67. The normalized spacial score (nSPS) is 11.1. The molecule has 0 aliphatic heterocycles. The average Bonchev–Trinajstić information content (AvgIpc) is 2.84. The van der Waals surface area contributed by atoms with Crippen LogP contribution in [-0.2, 0) is 6.54 Å². The van der Waals surface area contributed by atoms with Crippen molar-refractivity contribution in [1.82, 2.24) is 14.5 Å². The Morgan fingerprint density at radius 3 is 2.70 bits per heavy atom. The van der Waals surface area contributed by atoms with Crippen molar-refractivity contribution in [2.75, 3.05) is 11.9 Å². The summed E-state index contributed by atoms with van der Waals surface area (Å²) in [5, 5.41) is 3.33. The summed E-state index contributed by atoms with van der Waals surface area (Å²) in [5.74, 6) is 1.07. The first-order valence-electron chi connectivity index (χ1n) is 8.00. The number of benzene rings is 1. The molecule has 0 fully saturated rings. The maximum absolute atomic E-state index is 14.5. The quantitative estimate of drug-likeness (QED) is 0.696. The van der Waals surface area contributed by atoms with E-state index in [-0.39, 0.29) is 5.95 Å². The molecule has 2 aromatic heterocycles. The number of hydrogen-bond donors (Lipinski definition) is 1. The van der Waals surface area contributed by atoms with Gasteiger partial charge in [0.1, 0.15) is 11.3 Å². The fourth-order valence-electron chi connectivity index (χ4n) is 2.68. The Kier molecular flexibility index (Phi) is 4.55. The minimum absolute atomic E-state index is 0.290. The van der Waals surface area contributed by atoms with E-state index in [2.05, 4.69) is 22.2 Å². The van der Waals surface area contributed by atoms with E-state index < -0.39 is 0 Å². The zero-order valence-electron chi connectivity index (χ0n) is 13.5. The molecular formula is C18H21FN4. The smallest absolute Gasteiger partial charge is 0.196 e. The van der Waals surface area contributed by atoms with E-state index >= 15 is 0 Å². The summed E-state index contributed by atoms with van der Waals surface area (Å²) in [5.41, 5.74) is 2.42. The van der Waals surface area contributed by atoms with Crippen molar-refractivity contribution >= 4 is 16.9 Å². The summed E-state index contributed by atoms with van der Waals surface area (Å²) < 4.78 is 16.1. The van der Waals surface area contributed by atoms with E-state index in [0.717, 1.165) is 30.5 Å². The number of aryl methyl sites for hydroxylation is 1. The molecule has 0 bridgehead atoms. The molecule has 2 heterocycles. The van der Waals surface area contributed by atoms with E-state index in [1.165, 1.54) is 6.07 Å². The number of fused-ring (bicyclic) bond motifs is 1. The van der Waals surface area contributed by atoms with Gasteiger partial charge in [0.15, 0.2) is 11.8 Å². The molecule has 0 saturated carbocycles. The lowest BCUT2D eigenvalue weighted by molar-refractivity contribution is 0.524. The van der Waals surface area contributed by atoms with Crippen LogP contribution < -0.4 is 5.32 Å². The van der Waals surface area contributed by atoms with Crippen LogP contribution in [0.4, 0.5) is 10.2 Å². The molecule has 5 heteroatoms. The zero-order valence-corrected chi connectivity index (χ0v) is 13.5. The predicted molar refractivity (Wildman–Crippen MR) is 91.2 cm³/mol. The Morgan fingerprint density at radius 1 is 1.17 bits per heavy atom. The number of halogens is 1. The summed E-state index contributed by atoms with van der Waals surface area (Å²) in [6, 6.07) is 11.3. The van der Waals surface area contributed by atoms with E-state index in [0.29, 0.717) is 23.7 Å².